The first-order valence-electron chi connectivity index (χ1n) is 6.08. The maximum absolute atomic E-state index is 11.8. The van der Waals surface area contributed by atoms with Gasteiger partial charge in [0.15, 0.2) is 5.69 Å². The Labute approximate surface area is 139 Å². The first-order chi connectivity index (χ1) is 9.45. The van der Waals surface area contributed by atoms with Gasteiger partial charge in [0, 0.05) is 4.47 Å². The molecule has 20 heavy (non-hydrogen) atoms. The molecule has 0 aliphatic rings. The third-order valence-electron chi connectivity index (χ3n) is 2.86. The second-order valence-electron chi connectivity index (χ2n) is 4.58. The summed E-state index contributed by atoms with van der Waals surface area (Å²) in [6.07, 6.45) is 0. The van der Waals surface area contributed by atoms with Gasteiger partial charge in [-0.25, -0.2) is 9.48 Å². The summed E-state index contributed by atoms with van der Waals surface area (Å²) in [6, 6.07) is 7.82. The van der Waals surface area contributed by atoms with E-state index in [0.29, 0.717) is 5.69 Å². The molecule has 4 nitrogen and oxygen atoms in total. The molecule has 1 heterocycles. The minimum Gasteiger partial charge on any atom is -0.464 e. The van der Waals surface area contributed by atoms with Gasteiger partial charge in [0.2, 0.25) is 0 Å². The summed E-state index contributed by atoms with van der Waals surface area (Å²) < 4.78 is 8.45. The molecule has 1 aromatic heterocycles. The lowest BCUT2D eigenvalue weighted by Crippen LogP contribution is -2.05. The summed E-state index contributed by atoms with van der Waals surface area (Å²) in [5.74, 6) is -0.163. The minimum atomic E-state index is -0.410. The monoisotopic (exact) mass is 448 g/mol. The molecule has 0 bridgehead atoms. The van der Waals surface area contributed by atoms with Gasteiger partial charge in [-0.1, -0.05) is 29.8 Å². The molecule has 0 fully saturated rings. The van der Waals surface area contributed by atoms with Crippen LogP contribution in [0, 0.1) is 3.57 Å². The smallest absolute Gasteiger partial charge is 0.359 e. The fraction of sp³-hybridized carbons (Fsp3) is 0.286. The van der Waals surface area contributed by atoms with Crippen LogP contribution in [-0.2, 0) is 4.74 Å². The summed E-state index contributed by atoms with van der Waals surface area (Å²) in [4.78, 5) is 11.8. The van der Waals surface area contributed by atoms with E-state index in [2.05, 4.69) is 57.5 Å². The Morgan fingerprint density at radius 3 is 2.45 bits per heavy atom. The number of halogens is 2. The van der Waals surface area contributed by atoms with Crippen LogP contribution in [0.3, 0.4) is 0 Å². The fourth-order valence-electron chi connectivity index (χ4n) is 1.92. The molecule has 0 radical (unpaired) electrons. The minimum absolute atomic E-state index is 0.247. The molecule has 1 aromatic carbocycles. The molecule has 0 aliphatic carbocycles. The Morgan fingerprint density at radius 1 is 1.35 bits per heavy atom. The highest BCUT2D eigenvalue weighted by Gasteiger charge is 2.24. The van der Waals surface area contributed by atoms with Gasteiger partial charge in [0.1, 0.15) is 0 Å². The Bertz CT molecular complexity index is 635. The predicted molar refractivity (Wildman–Crippen MR) is 89.4 cm³/mol. The average molecular weight is 449 g/mol. The van der Waals surface area contributed by atoms with E-state index in [1.165, 1.54) is 7.11 Å². The second kappa shape index (κ2) is 6.26. The van der Waals surface area contributed by atoms with Crippen molar-refractivity contribution in [2.45, 2.75) is 19.8 Å². The SMILES string of the molecule is COC(=O)c1nn(-c2ccc(Br)cc2)c(C(C)C)c1I. The molecule has 2 aromatic rings. The zero-order valence-electron chi connectivity index (χ0n) is 11.4. The third-order valence-corrected chi connectivity index (χ3v) is 4.45. The van der Waals surface area contributed by atoms with Gasteiger partial charge in [-0.05, 0) is 52.8 Å². The first kappa shape index (κ1) is 15.5. The molecule has 0 N–H and O–H groups in total. The van der Waals surface area contributed by atoms with Crippen LogP contribution in [0.2, 0.25) is 0 Å². The predicted octanol–water partition coefficient (Wildman–Crippen LogP) is 4.15. The maximum atomic E-state index is 11.8. The average Bonchev–Trinajstić information content (AvgIpc) is 2.76. The fourth-order valence-corrected chi connectivity index (χ4v) is 3.36. The molecule has 2 rings (SSSR count). The van der Waals surface area contributed by atoms with E-state index in [1.54, 1.807) is 0 Å². The van der Waals surface area contributed by atoms with Crippen LogP contribution in [0.25, 0.3) is 5.69 Å². The van der Waals surface area contributed by atoms with Crippen molar-refractivity contribution >= 4 is 44.5 Å². The highest BCUT2D eigenvalue weighted by molar-refractivity contribution is 14.1. The van der Waals surface area contributed by atoms with E-state index < -0.39 is 5.97 Å². The first-order valence-corrected chi connectivity index (χ1v) is 7.95. The number of ether oxygens (including phenoxy) is 1. The van der Waals surface area contributed by atoms with Crippen molar-refractivity contribution in [3.63, 3.8) is 0 Å². The van der Waals surface area contributed by atoms with Gasteiger partial charge >= 0.3 is 5.97 Å². The molecule has 0 saturated heterocycles. The van der Waals surface area contributed by atoms with Gasteiger partial charge in [0.05, 0.1) is 22.1 Å². The largest absolute Gasteiger partial charge is 0.464 e. The summed E-state index contributed by atoms with van der Waals surface area (Å²) in [7, 11) is 1.37. The van der Waals surface area contributed by atoms with E-state index in [-0.39, 0.29) is 5.92 Å². The van der Waals surface area contributed by atoms with Crippen molar-refractivity contribution in [3.05, 3.63) is 43.7 Å². The number of hydrogen-bond donors (Lipinski definition) is 0. The van der Waals surface area contributed by atoms with Crippen LogP contribution >= 0.6 is 38.5 Å². The van der Waals surface area contributed by atoms with E-state index in [0.717, 1.165) is 19.4 Å². The third kappa shape index (κ3) is 2.90. The number of rotatable bonds is 3. The van der Waals surface area contributed by atoms with Crippen molar-refractivity contribution in [3.8, 4) is 5.69 Å². The molecule has 106 valence electrons. The van der Waals surface area contributed by atoms with E-state index in [1.807, 2.05) is 28.9 Å². The van der Waals surface area contributed by atoms with Gasteiger partial charge in [-0.3, -0.25) is 0 Å². The van der Waals surface area contributed by atoms with E-state index >= 15 is 0 Å². The van der Waals surface area contributed by atoms with Crippen molar-refractivity contribution in [1.29, 1.82) is 0 Å². The van der Waals surface area contributed by atoms with Gasteiger partial charge in [0.25, 0.3) is 0 Å². The van der Waals surface area contributed by atoms with Crippen LogP contribution in [0.15, 0.2) is 28.7 Å². The van der Waals surface area contributed by atoms with Gasteiger partial charge in [-0.15, -0.1) is 0 Å². The highest BCUT2D eigenvalue weighted by atomic mass is 127. The summed E-state index contributed by atoms with van der Waals surface area (Å²) in [5, 5.41) is 4.42. The quantitative estimate of drug-likeness (QED) is 0.523. The molecular formula is C14H14BrIN2O2. The normalized spacial score (nSPS) is 10.9. The number of carbonyl (C=O) groups excluding carboxylic acids is 1. The molecular weight excluding hydrogens is 435 g/mol. The zero-order chi connectivity index (χ0) is 14.9. The highest BCUT2D eigenvalue weighted by Crippen LogP contribution is 2.28. The Kier molecular flexibility index (Phi) is 4.85. The Hall–Kier alpha value is -0.890. The Balaban J connectivity index is 2.62. The number of hydrogen-bond acceptors (Lipinski definition) is 3. The molecule has 0 saturated carbocycles. The standard InChI is InChI=1S/C14H14BrIN2O2/c1-8(2)13-11(16)12(14(19)20-3)17-18(13)10-6-4-9(15)5-7-10/h4-8H,1-3H3. The van der Waals surface area contributed by atoms with Crippen LogP contribution in [0.5, 0.6) is 0 Å². The van der Waals surface area contributed by atoms with Crippen LogP contribution in [0.4, 0.5) is 0 Å². The molecule has 6 heteroatoms. The lowest BCUT2D eigenvalue weighted by atomic mass is 10.1. The number of benzene rings is 1. The number of esters is 1. The number of methoxy groups -OCH3 is 1. The number of carbonyl (C=O) groups is 1. The van der Waals surface area contributed by atoms with E-state index in [4.69, 9.17) is 4.74 Å². The molecule has 0 unspecified atom stereocenters. The topological polar surface area (TPSA) is 44.1 Å². The lowest BCUT2D eigenvalue weighted by molar-refractivity contribution is 0.0592. The number of nitrogens with zero attached hydrogens (tertiary/aromatic N) is 2. The van der Waals surface area contributed by atoms with Crippen LogP contribution in [-0.4, -0.2) is 22.9 Å². The molecule has 0 atom stereocenters. The van der Waals surface area contributed by atoms with E-state index in [9.17, 15) is 4.79 Å². The van der Waals surface area contributed by atoms with Crippen molar-refractivity contribution < 1.29 is 9.53 Å². The summed E-state index contributed by atoms with van der Waals surface area (Å²) >= 11 is 5.57. The van der Waals surface area contributed by atoms with Gasteiger partial charge in [-0.2, -0.15) is 5.10 Å². The maximum Gasteiger partial charge on any atom is 0.359 e. The molecule has 0 spiro atoms. The summed E-state index contributed by atoms with van der Waals surface area (Å²) in [6.45, 7) is 4.16. The van der Waals surface area contributed by atoms with Gasteiger partial charge < -0.3 is 4.74 Å². The summed E-state index contributed by atoms with van der Waals surface area (Å²) in [5.41, 5.74) is 2.29. The van der Waals surface area contributed by atoms with Crippen LogP contribution < -0.4 is 0 Å². The second-order valence-corrected chi connectivity index (χ2v) is 6.58. The number of aromatic nitrogens is 2. The lowest BCUT2D eigenvalue weighted by Gasteiger charge is -2.10. The molecule has 0 aliphatic heterocycles. The van der Waals surface area contributed by atoms with Crippen molar-refractivity contribution in [2.75, 3.05) is 7.11 Å². The van der Waals surface area contributed by atoms with Crippen molar-refractivity contribution in [1.82, 2.24) is 9.78 Å². The Morgan fingerprint density at radius 2 is 1.95 bits per heavy atom. The molecule has 0 amide bonds. The zero-order valence-corrected chi connectivity index (χ0v) is 15.1. The van der Waals surface area contributed by atoms with Crippen LogP contribution in [0.1, 0.15) is 35.9 Å². The van der Waals surface area contributed by atoms with Crippen molar-refractivity contribution in [2.24, 2.45) is 0 Å².